The summed E-state index contributed by atoms with van der Waals surface area (Å²) in [7, 11) is -1.87. The van der Waals surface area contributed by atoms with Crippen LogP contribution in [0, 0.1) is 0 Å². The van der Waals surface area contributed by atoms with Crippen LogP contribution in [0.5, 0.6) is 0 Å². The highest BCUT2D eigenvalue weighted by Gasteiger charge is 2.17. The van der Waals surface area contributed by atoms with Crippen molar-refractivity contribution in [2.24, 2.45) is 5.73 Å². The molecule has 3 N–H and O–H groups in total. The van der Waals surface area contributed by atoms with E-state index in [9.17, 15) is 8.42 Å². The molecule has 0 fully saturated rings. The average Bonchev–Trinajstić information content (AvgIpc) is 2.23. The summed E-state index contributed by atoms with van der Waals surface area (Å²) in [4.78, 5) is 0. The molecule has 0 aromatic rings. The maximum absolute atomic E-state index is 11.7. The zero-order valence-corrected chi connectivity index (χ0v) is 11.1. The molecule has 0 bridgehead atoms. The van der Waals surface area contributed by atoms with Crippen molar-refractivity contribution < 1.29 is 13.2 Å². The standard InChI is InChI=1S/C9H23N3O3S/c1-4-15-9(2)8-11-16(13,14)12(3)7-5-6-10/h9,11H,4-8,10H2,1-3H3. The van der Waals surface area contributed by atoms with E-state index < -0.39 is 10.2 Å². The number of nitrogens with zero attached hydrogens (tertiary/aromatic N) is 1. The second-order valence-corrected chi connectivity index (χ2v) is 5.45. The van der Waals surface area contributed by atoms with Crippen LogP contribution < -0.4 is 10.5 Å². The van der Waals surface area contributed by atoms with E-state index in [0.717, 1.165) is 0 Å². The highest BCUT2D eigenvalue weighted by molar-refractivity contribution is 7.87. The van der Waals surface area contributed by atoms with E-state index >= 15 is 0 Å². The summed E-state index contributed by atoms with van der Waals surface area (Å²) in [6.45, 7) is 5.46. The molecule has 0 aromatic heterocycles. The topological polar surface area (TPSA) is 84.7 Å². The first-order valence-electron chi connectivity index (χ1n) is 5.46. The Morgan fingerprint density at radius 1 is 1.50 bits per heavy atom. The number of hydrogen-bond donors (Lipinski definition) is 2. The van der Waals surface area contributed by atoms with Gasteiger partial charge in [0.2, 0.25) is 0 Å². The first-order valence-corrected chi connectivity index (χ1v) is 6.90. The minimum Gasteiger partial charge on any atom is -0.377 e. The smallest absolute Gasteiger partial charge is 0.279 e. The van der Waals surface area contributed by atoms with Crippen LogP contribution in [0.1, 0.15) is 20.3 Å². The van der Waals surface area contributed by atoms with E-state index in [1.807, 2.05) is 13.8 Å². The van der Waals surface area contributed by atoms with Gasteiger partial charge >= 0.3 is 0 Å². The van der Waals surface area contributed by atoms with Gasteiger partial charge < -0.3 is 10.5 Å². The molecule has 7 heteroatoms. The second-order valence-electron chi connectivity index (χ2n) is 3.58. The van der Waals surface area contributed by atoms with Crippen LogP contribution in [0.3, 0.4) is 0 Å². The normalized spacial score (nSPS) is 14.3. The van der Waals surface area contributed by atoms with E-state index in [1.165, 1.54) is 11.4 Å². The molecule has 0 saturated heterocycles. The Labute approximate surface area is 98.3 Å². The lowest BCUT2D eigenvalue weighted by Gasteiger charge is -2.19. The largest absolute Gasteiger partial charge is 0.377 e. The van der Waals surface area contributed by atoms with Crippen molar-refractivity contribution in [3.8, 4) is 0 Å². The van der Waals surface area contributed by atoms with Gasteiger partial charge in [-0.3, -0.25) is 0 Å². The summed E-state index contributed by atoms with van der Waals surface area (Å²) in [5.41, 5.74) is 5.32. The molecule has 1 atom stereocenters. The Hall–Kier alpha value is -0.210. The summed E-state index contributed by atoms with van der Waals surface area (Å²) in [5.74, 6) is 0. The summed E-state index contributed by atoms with van der Waals surface area (Å²) < 4.78 is 32.3. The van der Waals surface area contributed by atoms with Crippen LogP contribution in [-0.4, -0.2) is 52.1 Å². The van der Waals surface area contributed by atoms with Crippen molar-refractivity contribution in [2.75, 3.05) is 33.3 Å². The third-order valence-electron chi connectivity index (χ3n) is 2.09. The van der Waals surface area contributed by atoms with Crippen LogP contribution in [0.15, 0.2) is 0 Å². The van der Waals surface area contributed by atoms with Gasteiger partial charge in [-0.2, -0.15) is 17.4 Å². The third kappa shape index (κ3) is 6.39. The van der Waals surface area contributed by atoms with E-state index in [0.29, 0.717) is 26.1 Å². The SMILES string of the molecule is CCOC(C)CNS(=O)(=O)N(C)CCCN. The molecular formula is C9H23N3O3S. The fourth-order valence-electron chi connectivity index (χ4n) is 1.11. The number of rotatable bonds is 9. The van der Waals surface area contributed by atoms with Crippen molar-refractivity contribution in [2.45, 2.75) is 26.4 Å². The lowest BCUT2D eigenvalue weighted by atomic mass is 10.4. The van der Waals surface area contributed by atoms with Crippen molar-refractivity contribution in [1.29, 1.82) is 0 Å². The highest BCUT2D eigenvalue weighted by Crippen LogP contribution is 1.96. The quantitative estimate of drug-likeness (QED) is 0.581. The summed E-state index contributed by atoms with van der Waals surface area (Å²) >= 11 is 0. The number of hydrogen-bond acceptors (Lipinski definition) is 4. The molecule has 0 aliphatic rings. The molecule has 0 heterocycles. The van der Waals surface area contributed by atoms with Crippen LogP contribution in [0.2, 0.25) is 0 Å². The van der Waals surface area contributed by atoms with Crippen molar-refractivity contribution in [1.82, 2.24) is 9.03 Å². The molecular weight excluding hydrogens is 230 g/mol. The van der Waals surface area contributed by atoms with E-state index in [2.05, 4.69) is 4.72 Å². The van der Waals surface area contributed by atoms with Gasteiger partial charge in [-0.05, 0) is 26.8 Å². The molecule has 98 valence electrons. The monoisotopic (exact) mass is 253 g/mol. The van der Waals surface area contributed by atoms with Gasteiger partial charge in [-0.15, -0.1) is 0 Å². The molecule has 0 spiro atoms. The molecule has 6 nitrogen and oxygen atoms in total. The van der Waals surface area contributed by atoms with Crippen LogP contribution >= 0.6 is 0 Å². The zero-order chi connectivity index (χ0) is 12.6. The van der Waals surface area contributed by atoms with Crippen LogP contribution in [-0.2, 0) is 14.9 Å². The van der Waals surface area contributed by atoms with Crippen molar-refractivity contribution in [3.05, 3.63) is 0 Å². The first kappa shape index (κ1) is 15.8. The van der Waals surface area contributed by atoms with Gasteiger partial charge in [0.15, 0.2) is 0 Å². The Balaban J connectivity index is 4.03. The zero-order valence-electron chi connectivity index (χ0n) is 10.3. The summed E-state index contributed by atoms with van der Waals surface area (Å²) in [5, 5.41) is 0. The van der Waals surface area contributed by atoms with Crippen LogP contribution in [0.4, 0.5) is 0 Å². The number of nitrogens with one attached hydrogen (secondary N) is 1. The van der Waals surface area contributed by atoms with E-state index in [4.69, 9.17) is 10.5 Å². The van der Waals surface area contributed by atoms with Gasteiger partial charge in [0.1, 0.15) is 0 Å². The first-order chi connectivity index (χ1) is 7.44. The predicted molar refractivity (Wildman–Crippen MR) is 64.3 cm³/mol. The van der Waals surface area contributed by atoms with Gasteiger partial charge in [0.05, 0.1) is 6.10 Å². The number of ether oxygens (including phenoxy) is 1. The Morgan fingerprint density at radius 2 is 2.12 bits per heavy atom. The molecule has 0 aliphatic carbocycles. The minimum atomic E-state index is -3.40. The van der Waals surface area contributed by atoms with Crippen LogP contribution in [0.25, 0.3) is 0 Å². The van der Waals surface area contributed by atoms with Gasteiger partial charge in [-0.25, -0.2) is 0 Å². The fourth-order valence-corrected chi connectivity index (χ4v) is 2.15. The molecule has 0 saturated carbocycles. The van der Waals surface area contributed by atoms with E-state index in [-0.39, 0.29) is 12.6 Å². The maximum atomic E-state index is 11.7. The Bertz CT molecular complexity index is 269. The molecule has 0 radical (unpaired) electrons. The molecule has 0 aromatic carbocycles. The second kappa shape index (κ2) is 7.97. The molecule has 0 rings (SSSR count). The molecule has 16 heavy (non-hydrogen) atoms. The lowest BCUT2D eigenvalue weighted by Crippen LogP contribution is -2.42. The third-order valence-corrected chi connectivity index (χ3v) is 3.63. The number of nitrogens with two attached hydrogens (primary N) is 1. The predicted octanol–water partition coefficient (Wildman–Crippen LogP) is -0.474. The summed E-state index contributed by atoms with van der Waals surface area (Å²) in [6, 6.07) is 0. The van der Waals surface area contributed by atoms with Gasteiger partial charge in [0.25, 0.3) is 10.2 Å². The Kier molecular flexibility index (Phi) is 7.86. The van der Waals surface area contributed by atoms with Gasteiger partial charge in [-0.1, -0.05) is 0 Å². The van der Waals surface area contributed by atoms with Crippen molar-refractivity contribution in [3.63, 3.8) is 0 Å². The minimum absolute atomic E-state index is 0.123. The average molecular weight is 253 g/mol. The highest BCUT2D eigenvalue weighted by atomic mass is 32.2. The fraction of sp³-hybridized carbons (Fsp3) is 1.00. The van der Waals surface area contributed by atoms with Gasteiger partial charge in [0, 0.05) is 26.7 Å². The Morgan fingerprint density at radius 3 is 2.62 bits per heavy atom. The maximum Gasteiger partial charge on any atom is 0.279 e. The molecule has 1 unspecified atom stereocenters. The van der Waals surface area contributed by atoms with Crippen molar-refractivity contribution >= 4 is 10.2 Å². The molecule has 0 amide bonds. The lowest BCUT2D eigenvalue weighted by molar-refractivity contribution is 0.0797. The molecule has 0 aliphatic heterocycles. The summed E-state index contributed by atoms with van der Waals surface area (Å²) in [6.07, 6.45) is 0.529. The van der Waals surface area contributed by atoms with E-state index in [1.54, 1.807) is 0 Å².